The Morgan fingerprint density at radius 1 is 1.12 bits per heavy atom. The van der Waals surface area contributed by atoms with Gasteiger partial charge in [-0.15, -0.1) is 0 Å². The minimum atomic E-state index is -0.239. The van der Waals surface area contributed by atoms with Crippen molar-refractivity contribution in [1.82, 2.24) is 10.2 Å². The van der Waals surface area contributed by atoms with E-state index in [1.807, 2.05) is 29.2 Å². The van der Waals surface area contributed by atoms with Crippen molar-refractivity contribution in [2.45, 2.75) is 62.8 Å². The molecule has 2 amide bonds. The van der Waals surface area contributed by atoms with E-state index in [4.69, 9.17) is 5.73 Å². The molecule has 3 aliphatic heterocycles. The summed E-state index contributed by atoms with van der Waals surface area (Å²) in [6, 6.07) is 8.60. The number of nitrogens with two attached hydrogens (primary N) is 1. The van der Waals surface area contributed by atoms with Gasteiger partial charge in [-0.25, -0.2) is 4.79 Å². The summed E-state index contributed by atoms with van der Waals surface area (Å²) in [5.74, 6) is 0. The van der Waals surface area contributed by atoms with Gasteiger partial charge in [-0.3, -0.25) is 0 Å². The van der Waals surface area contributed by atoms with Crippen molar-refractivity contribution in [3.05, 3.63) is 24.3 Å². The Balaban J connectivity index is 1.37. The molecule has 3 aliphatic rings. The van der Waals surface area contributed by atoms with Gasteiger partial charge in [0.2, 0.25) is 0 Å². The van der Waals surface area contributed by atoms with Crippen LogP contribution in [-0.4, -0.2) is 53.4 Å². The molecule has 6 nitrogen and oxygen atoms in total. The minimum Gasteiger partial charge on any atom is -0.399 e. The number of nitrogens with zero attached hydrogens (tertiary/aromatic N) is 2. The number of carbonyl (C=O) groups excluding carboxylic acids is 1. The van der Waals surface area contributed by atoms with Crippen molar-refractivity contribution in [1.29, 1.82) is 0 Å². The largest absolute Gasteiger partial charge is 0.399 e. The SMILES string of the molecule is Nc1ccc(N2CCC[C@H](NC(=O)N3[C@@H]4CC[C@H]3C[C@@H](O)C4)C2)cc1. The van der Waals surface area contributed by atoms with E-state index in [0.29, 0.717) is 0 Å². The summed E-state index contributed by atoms with van der Waals surface area (Å²) in [6.45, 7) is 1.85. The number of anilines is 2. The van der Waals surface area contributed by atoms with Crippen LogP contribution < -0.4 is 16.0 Å². The Morgan fingerprint density at radius 3 is 2.48 bits per heavy atom. The van der Waals surface area contributed by atoms with Crippen molar-refractivity contribution in [2.75, 3.05) is 23.7 Å². The molecule has 4 N–H and O–H groups in total. The second-order valence-electron chi connectivity index (χ2n) is 7.74. The summed E-state index contributed by atoms with van der Waals surface area (Å²) in [5, 5.41) is 13.2. The fourth-order valence-electron chi connectivity index (χ4n) is 4.74. The van der Waals surface area contributed by atoms with Crippen LogP contribution in [0.25, 0.3) is 0 Å². The highest BCUT2D eigenvalue weighted by Gasteiger charge is 2.43. The predicted molar refractivity (Wildman–Crippen MR) is 98.5 cm³/mol. The number of aliphatic hydroxyl groups excluding tert-OH is 1. The van der Waals surface area contributed by atoms with Crippen molar-refractivity contribution in [2.24, 2.45) is 0 Å². The number of hydrogen-bond acceptors (Lipinski definition) is 4. The topological polar surface area (TPSA) is 81.8 Å². The van der Waals surface area contributed by atoms with E-state index >= 15 is 0 Å². The zero-order valence-corrected chi connectivity index (χ0v) is 14.6. The third-order valence-corrected chi connectivity index (χ3v) is 5.95. The number of nitrogen functional groups attached to an aromatic ring is 1. The van der Waals surface area contributed by atoms with Gasteiger partial charge in [-0.1, -0.05) is 0 Å². The van der Waals surface area contributed by atoms with E-state index in [9.17, 15) is 9.90 Å². The molecule has 0 spiro atoms. The molecular formula is C19H28N4O2. The first-order valence-electron chi connectivity index (χ1n) is 9.47. The van der Waals surface area contributed by atoms with Crippen LogP contribution in [0, 0.1) is 0 Å². The van der Waals surface area contributed by atoms with E-state index in [1.54, 1.807) is 0 Å². The van der Waals surface area contributed by atoms with Crippen LogP contribution in [-0.2, 0) is 0 Å². The quantitative estimate of drug-likeness (QED) is 0.716. The number of aliphatic hydroxyl groups is 1. The smallest absolute Gasteiger partial charge is 0.318 e. The van der Waals surface area contributed by atoms with E-state index in [1.165, 1.54) is 0 Å². The molecule has 2 bridgehead atoms. The highest BCUT2D eigenvalue weighted by atomic mass is 16.3. The molecule has 136 valence electrons. The van der Waals surface area contributed by atoms with Crippen LogP contribution in [0.3, 0.4) is 0 Å². The summed E-state index contributed by atoms with van der Waals surface area (Å²) < 4.78 is 0. The Morgan fingerprint density at radius 2 is 1.80 bits per heavy atom. The number of carbonyl (C=O) groups is 1. The molecule has 1 aromatic carbocycles. The molecule has 4 atom stereocenters. The van der Waals surface area contributed by atoms with Gasteiger partial charge in [0, 0.05) is 42.6 Å². The summed E-state index contributed by atoms with van der Waals surface area (Å²) in [6.07, 6.45) is 5.36. The lowest BCUT2D eigenvalue weighted by atomic mass is 10.00. The van der Waals surface area contributed by atoms with Crippen LogP contribution in [0.15, 0.2) is 24.3 Å². The highest BCUT2D eigenvalue weighted by Crippen LogP contribution is 2.35. The summed E-state index contributed by atoms with van der Waals surface area (Å²) in [4.78, 5) is 17.2. The first-order valence-corrected chi connectivity index (χ1v) is 9.47. The first kappa shape index (κ1) is 16.5. The summed E-state index contributed by atoms with van der Waals surface area (Å²) >= 11 is 0. The third kappa shape index (κ3) is 3.40. The zero-order valence-electron chi connectivity index (χ0n) is 14.6. The van der Waals surface area contributed by atoms with Crippen molar-refractivity contribution < 1.29 is 9.90 Å². The van der Waals surface area contributed by atoms with Gasteiger partial charge in [0.15, 0.2) is 0 Å². The number of nitrogens with one attached hydrogen (secondary N) is 1. The summed E-state index contributed by atoms with van der Waals surface area (Å²) in [5.41, 5.74) is 7.71. The molecular weight excluding hydrogens is 316 g/mol. The molecule has 3 heterocycles. The standard InChI is InChI=1S/C19H28N4O2/c20-13-3-5-15(6-4-13)22-9-1-2-14(12-22)21-19(25)23-16-7-8-17(23)11-18(24)10-16/h3-6,14,16-18,24H,1-2,7-12,20H2,(H,21,25)/t14-,16-,17+,18+/m0/s1. The predicted octanol–water partition coefficient (Wildman–Crippen LogP) is 1.93. The van der Waals surface area contributed by atoms with Gasteiger partial charge >= 0.3 is 6.03 Å². The average Bonchev–Trinajstić information content (AvgIpc) is 2.87. The first-order chi connectivity index (χ1) is 12.1. The minimum absolute atomic E-state index is 0.0588. The Kier molecular flexibility index (Phi) is 4.46. The lowest BCUT2D eigenvalue weighted by molar-refractivity contribution is 0.0533. The second kappa shape index (κ2) is 6.75. The fraction of sp³-hybridized carbons (Fsp3) is 0.632. The molecule has 1 aromatic rings. The van der Waals surface area contributed by atoms with Crippen molar-refractivity contribution >= 4 is 17.4 Å². The third-order valence-electron chi connectivity index (χ3n) is 5.95. The number of fused-ring (bicyclic) bond motifs is 2. The Bertz CT molecular complexity index is 606. The molecule has 0 unspecified atom stereocenters. The average molecular weight is 344 g/mol. The Labute approximate surface area is 149 Å². The van der Waals surface area contributed by atoms with Crippen LogP contribution in [0.5, 0.6) is 0 Å². The fourth-order valence-corrected chi connectivity index (χ4v) is 4.74. The normalized spacial score (nSPS) is 31.9. The van der Waals surface area contributed by atoms with Gasteiger partial charge < -0.3 is 26.0 Å². The molecule has 6 heteroatoms. The number of benzene rings is 1. The van der Waals surface area contributed by atoms with Crippen LogP contribution in [0.1, 0.15) is 38.5 Å². The maximum Gasteiger partial charge on any atom is 0.318 e. The number of urea groups is 1. The lowest BCUT2D eigenvalue weighted by Gasteiger charge is -2.40. The van der Waals surface area contributed by atoms with E-state index < -0.39 is 0 Å². The number of hydrogen-bond donors (Lipinski definition) is 3. The molecule has 0 radical (unpaired) electrons. The van der Waals surface area contributed by atoms with Crippen LogP contribution in [0.2, 0.25) is 0 Å². The Hall–Kier alpha value is -1.95. The van der Waals surface area contributed by atoms with Crippen molar-refractivity contribution in [3.63, 3.8) is 0 Å². The van der Waals surface area contributed by atoms with Gasteiger partial charge in [0.1, 0.15) is 0 Å². The lowest BCUT2D eigenvalue weighted by Crippen LogP contribution is -2.56. The maximum absolute atomic E-state index is 12.8. The molecule has 3 fully saturated rings. The maximum atomic E-state index is 12.8. The van der Waals surface area contributed by atoms with Crippen LogP contribution >= 0.6 is 0 Å². The van der Waals surface area contributed by atoms with E-state index in [2.05, 4.69) is 10.2 Å². The van der Waals surface area contributed by atoms with E-state index in [-0.39, 0.29) is 30.3 Å². The summed E-state index contributed by atoms with van der Waals surface area (Å²) in [7, 11) is 0. The van der Waals surface area contributed by atoms with E-state index in [0.717, 1.165) is 63.0 Å². The number of amides is 2. The molecule has 0 aliphatic carbocycles. The molecule has 4 rings (SSSR count). The van der Waals surface area contributed by atoms with Crippen molar-refractivity contribution in [3.8, 4) is 0 Å². The number of rotatable bonds is 2. The van der Waals surface area contributed by atoms with Gasteiger partial charge in [0.05, 0.1) is 6.10 Å². The molecule has 0 aromatic heterocycles. The molecule has 0 saturated carbocycles. The van der Waals surface area contributed by atoms with Gasteiger partial charge in [-0.05, 0) is 62.8 Å². The van der Waals surface area contributed by atoms with Gasteiger partial charge in [-0.2, -0.15) is 0 Å². The zero-order chi connectivity index (χ0) is 17.4. The molecule has 3 saturated heterocycles. The second-order valence-corrected chi connectivity index (χ2v) is 7.74. The number of piperidine rings is 2. The monoisotopic (exact) mass is 344 g/mol. The van der Waals surface area contributed by atoms with Gasteiger partial charge in [0.25, 0.3) is 0 Å². The van der Waals surface area contributed by atoms with Crippen LogP contribution in [0.4, 0.5) is 16.2 Å². The molecule has 25 heavy (non-hydrogen) atoms. The highest BCUT2D eigenvalue weighted by molar-refractivity contribution is 5.76.